The maximum Gasteiger partial charge on any atom is 0.524 e. The van der Waals surface area contributed by atoms with Crippen LogP contribution in [0.3, 0.4) is 0 Å². The molecule has 0 aliphatic heterocycles. The minimum atomic E-state index is -4.81. The van der Waals surface area contributed by atoms with Gasteiger partial charge in [0.05, 0.1) is 21.7 Å². The van der Waals surface area contributed by atoms with Gasteiger partial charge in [0.15, 0.2) is 6.29 Å². The second-order valence-electron chi connectivity index (χ2n) is 15.2. The molecule has 3 aliphatic rings. The van der Waals surface area contributed by atoms with Gasteiger partial charge in [-0.3, -0.25) is 19.4 Å². The molecule has 0 radical (unpaired) electrons. The van der Waals surface area contributed by atoms with Crippen LogP contribution in [0, 0.1) is 25.5 Å². The van der Waals surface area contributed by atoms with E-state index < -0.39 is 33.5 Å². The van der Waals surface area contributed by atoms with E-state index in [0.717, 1.165) is 43.7 Å². The number of hydrogen-bond acceptors (Lipinski definition) is 11. The van der Waals surface area contributed by atoms with Crippen molar-refractivity contribution in [1.82, 2.24) is 10.6 Å². The number of hydrogen-bond donors (Lipinski definition) is 6. The molecule has 0 aromatic heterocycles. The van der Waals surface area contributed by atoms with E-state index >= 15 is 0 Å². The highest BCUT2D eigenvalue weighted by Gasteiger charge is 2.55. The Hall–Kier alpha value is -3.27. The number of aldehydes is 2. The summed E-state index contributed by atoms with van der Waals surface area (Å²) in [5.74, 6) is -0.609. The van der Waals surface area contributed by atoms with Gasteiger partial charge in [0.1, 0.15) is 41.8 Å². The number of fused-ring (bicyclic) bond motifs is 3. The Morgan fingerprint density at radius 3 is 2.13 bits per heavy atom. The lowest BCUT2D eigenvalue weighted by Gasteiger charge is -2.57. The van der Waals surface area contributed by atoms with E-state index in [1.165, 1.54) is 30.3 Å². The summed E-state index contributed by atoms with van der Waals surface area (Å²) in [7, 11) is -3.74. The van der Waals surface area contributed by atoms with Crippen LogP contribution in [0.25, 0.3) is 0 Å². The third-order valence-corrected chi connectivity index (χ3v) is 12.1. The van der Waals surface area contributed by atoms with Crippen LogP contribution in [-0.4, -0.2) is 76.0 Å². The molecule has 3 aromatic carbocycles. The van der Waals surface area contributed by atoms with Gasteiger partial charge in [0.25, 0.3) is 0 Å². The number of benzene rings is 3. The van der Waals surface area contributed by atoms with Crippen LogP contribution >= 0.6 is 39.6 Å². The highest BCUT2D eigenvalue weighted by Crippen LogP contribution is 2.50. The van der Waals surface area contributed by atoms with E-state index in [0.29, 0.717) is 47.9 Å². The molecule has 0 saturated heterocycles. The Kier molecular flexibility index (Phi) is 18.9. The van der Waals surface area contributed by atoms with Gasteiger partial charge in [0, 0.05) is 42.5 Å². The van der Waals surface area contributed by atoms with Crippen molar-refractivity contribution in [2.75, 3.05) is 20.8 Å². The second kappa shape index (κ2) is 22.2. The van der Waals surface area contributed by atoms with Gasteiger partial charge < -0.3 is 43.7 Å². The molecule has 2 bridgehead atoms. The summed E-state index contributed by atoms with van der Waals surface area (Å²) in [5.41, 5.74) is 1.02. The lowest BCUT2D eigenvalue weighted by atomic mass is 9.60. The normalized spacial score (nSPS) is 19.6. The maximum absolute atomic E-state index is 13.5. The SMILES string of the molecule is CNC12CCC(NC(=O)CCc3ccc(Cl)c(F)c3)(CC1)C(OC)C2.Cc1cc(OP(=O)(O)O)c(C(C)(C)CC=O)c(C)c1OP(O)O.O=CCOc1ccc(Cl)c(F)c1. The minimum Gasteiger partial charge on any atom is -0.486 e. The molecule has 60 heavy (non-hydrogen) atoms. The molecule has 3 aromatic rings. The Morgan fingerprint density at radius 2 is 1.62 bits per heavy atom. The van der Waals surface area contributed by atoms with Crippen LogP contribution in [0.4, 0.5) is 8.78 Å². The van der Waals surface area contributed by atoms with Gasteiger partial charge in [0.2, 0.25) is 5.91 Å². The van der Waals surface area contributed by atoms with Crippen LogP contribution in [0.15, 0.2) is 42.5 Å². The molecule has 1 unspecified atom stereocenters. The lowest BCUT2D eigenvalue weighted by Crippen LogP contribution is -2.69. The van der Waals surface area contributed by atoms with E-state index in [-0.39, 0.29) is 57.7 Å². The van der Waals surface area contributed by atoms with Crippen LogP contribution in [0.5, 0.6) is 17.2 Å². The summed E-state index contributed by atoms with van der Waals surface area (Å²) >= 11 is 11.1. The van der Waals surface area contributed by atoms with Crippen molar-refractivity contribution in [2.24, 2.45) is 0 Å². The molecule has 3 saturated carbocycles. The predicted octanol–water partition coefficient (Wildman–Crippen LogP) is 7.51. The first kappa shape index (κ1) is 51.1. The molecule has 1 atom stereocenters. The third-order valence-electron chi connectivity index (χ3n) is 10.7. The molecule has 20 heteroatoms. The molecule has 0 spiro atoms. The molecule has 1 amide bonds. The number of aryl methyl sites for hydroxylation is 2. The Bertz CT molecular complexity index is 2010. The van der Waals surface area contributed by atoms with Gasteiger partial charge >= 0.3 is 16.4 Å². The first-order valence-electron chi connectivity index (χ1n) is 18.7. The molecular formula is C40H52Cl2F2N2O12P2. The average molecular weight is 924 g/mol. The molecule has 3 fully saturated rings. The van der Waals surface area contributed by atoms with Gasteiger partial charge in [-0.2, -0.15) is 0 Å². The van der Waals surface area contributed by atoms with E-state index in [4.69, 9.17) is 61.3 Å². The monoisotopic (exact) mass is 922 g/mol. The van der Waals surface area contributed by atoms with Crippen molar-refractivity contribution in [1.29, 1.82) is 0 Å². The molecule has 6 rings (SSSR count). The van der Waals surface area contributed by atoms with Crippen LogP contribution in [-0.2, 0) is 35.5 Å². The van der Waals surface area contributed by atoms with Gasteiger partial charge in [-0.1, -0.05) is 43.1 Å². The number of carbonyl (C=O) groups is 3. The summed E-state index contributed by atoms with van der Waals surface area (Å²) in [6.07, 6.45) is 7.06. The molecule has 3 aliphatic carbocycles. The fourth-order valence-electron chi connectivity index (χ4n) is 7.61. The number of phosphoric acid groups is 1. The smallest absolute Gasteiger partial charge is 0.486 e. The second-order valence-corrected chi connectivity index (χ2v) is 17.8. The zero-order chi connectivity index (χ0) is 45.1. The first-order chi connectivity index (χ1) is 28.0. The summed E-state index contributed by atoms with van der Waals surface area (Å²) in [6, 6.07) is 10.0. The first-order valence-corrected chi connectivity index (χ1v) is 22.2. The highest BCUT2D eigenvalue weighted by atomic mass is 35.5. The maximum atomic E-state index is 13.5. The van der Waals surface area contributed by atoms with Crippen molar-refractivity contribution in [3.05, 3.63) is 86.4 Å². The predicted molar refractivity (Wildman–Crippen MR) is 224 cm³/mol. The average Bonchev–Trinajstić information content (AvgIpc) is 3.17. The number of carbonyl (C=O) groups excluding carboxylic acids is 3. The molecule has 6 N–H and O–H groups in total. The van der Waals surface area contributed by atoms with E-state index in [2.05, 4.69) is 10.6 Å². The summed E-state index contributed by atoms with van der Waals surface area (Å²) < 4.78 is 57.8. The number of ether oxygens (including phenoxy) is 2. The van der Waals surface area contributed by atoms with Gasteiger partial charge in [-0.25, -0.2) is 13.3 Å². The largest absolute Gasteiger partial charge is 0.524 e. The summed E-state index contributed by atoms with van der Waals surface area (Å²) in [4.78, 5) is 69.7. The zero-order valence-electron chi connectivity index (χ0n) is 34.1. The highest BCUT2D eigenvalue weighted by molar-refractivity contribution is 7.46. The zero-order valence-corrected chi connectivity index (χ0v) is 37.4. The molecule has 0 heterocycles. The molecule has 332 valence electrons. The van der Waals surface area contributed by atoms with Crippen molar-refractivity contribution in [3.8, 4) is 17.2 Å². The van der Waals surface area contributed by atoms with E-state index in [9.17, 15) is 27.7 Å². The Balaban J connectivity index is 0.000000255. The number of amides is 1. The van der Waals surface area contributed by atoms with Gasteiger partial charge in [-0.05, 0) is 106 Å². The number of rotatable bonds is 16. The number of phosphoric ester groups is 1. The standard InChI is InChI=1S/C19H26ClFN2O2.C13H20O8P2.C8H6ClFO2/c1-22-18-7-9-19(10-8-18,16(12-18)25-2)23-17(24)6-4-13-3-5-14(20)15(21)11-13;1-8-7-10(21-23(17,18)19)11(13(3,4)5-6-14)9(2)12(8)20-22(15)16;9-7-2-1-6(5-8(7)10)12-4-3-11/h3,5,11,16,22H,4,6-10,12H2,1-2H3,(H,23,24);6-7,15-16H,5H2,1-4H3,(H2,17,18,19);1-3,5H,4H2. The van der Waals surface area contributed by atoms with Gasteiger partial charge in [-0.15, -0.1) is 0 Å². The number of nitrogens with one attached hydrogen (secondary N) is 2. The quantitative estimate of drug-likeness (QED) is 0.0608. The van der Waals surface area contributed by atoms with Crippen molar-refractivity contribution in [3.63, 3.8) is 0 Å². The fourth-order valence-corrected chi connectivity index (χ4v) is 8.69. The third kappa shape index (κ3) is 14.1. The van der Waals surface area contributed by atoms with Crippen LogP contribution in [0.1, 0.15) is 81.0 Å². The van der Waals surface area contributed by atoms with Crippen molar-refractivity contribution >= 4 is 58.1 Å². The van der Waals surface area contributed by atoms with E-state index in [1.54, 1.807) is 40.9 Å². The molecular weight excluding hydrogens is 871 g/mol. The number of halogens is 4. The molecule has 14 nitrogen and oxygen atoms in total. The van der Waals surface area contributed by atoms with E-state index in [1.807, 2.05) is 7.05 Å². The van der Waals surface area contributed by atoms with Crippen molar-refractivity contribution in [2.45, 2.75) is 102 Å². The topological polar surface area (TPSA) is 210 Å². The summed E-state index contributed by atoms with van der Waals surface area (Å²) in [6.45, 7) is 6.49. The van der Waals surface area contributed by atoms with Crippen LogP contribution in [0.2, 0.25) is 10.0 Å². The minimum absolute atomic E-state index is 0.00346. The fraction of sp³-hybridized carbons (Fsp3) is 0.475. The Morgan fingerprint density at radius 1 is 1.00 bits per heavy atom. The number of methoxy groups -OCH3 is 1. The van der Waals surface area contributed by atoms with Crippen LogP contribution < -0.4 is 24.4 Å². The van der Waals surface area contributed by atoms with Crippen molar-refractivity contribution < 1.29 is 65.8 Å². The summed E-state index contributed by atoms with van der Waals surface area (Å²) in [5, 5.41) is 6.84. The Labute approximate surface area is 359 Å². The lowest BCUT2D eigenvalue weighted by molar-refractivity contribution is -0.132.